The average Bonchev–Trinajstić information content (AvgIpc) is 3.01. The van der Waals surface area contributed by atoms with Crippen molar-refractivity contribution in [2.45, 2.75) is 20.1 Å². The zero-order chi connectivity index (χ0) is 18.8. The Labute approximate surface area is 168 Å². The third kappa shape index (κ3) is 3.80. The minimum absolute atomic E-state index is 0.361. The number of benzene rings is 3. The number of rotatable bonds is 5. The maximum atomic E-state index is 6.39. The molecule has 0 saturated carbocycles. The Morgan fingerprint density at radius 1 is 0.926 bits per heavy atom. The molecule has 0 unspecified atom stereocenters. The van der Waals surface area contributed by atoms with E-state index in [0.29, 0.717) is 23.2 Å². The maximum absolute atomic E-state index is 6.39. The lowest BCUT2D eigenvalue weighted by atomic mass is 10.2. The Morgan fingerprint density at radius 2 is 1.67 bits per heavy atom. The Hall–Kier alpha value is -2.49. The predicted octanol–water partition coefficient (Wildman–Crippen LogP) is 6.28. The van der Waals surface area contributed by atoms with Crippen LogP contribution in [0.15, 0.2) is 66.7 Å². The molecule has 136 valence electrons. The first-order valence-corrected chi connectivity index (χ1v) is 9.44. The minimum atomic E-state index is 0.361. The molecule has 0 aliphatic heterocycles. The summed E-state index contributed by atoms with van der Waals surface area (Å²) in [5.74, 6) is 1.65. The van der Waals surface area contributed by atoms with E-state index in [-0.39, 0.29) is 0 Å². The van der Waals surface area contributed by atoms with E-state index < -0.39 is 0 Å². The van der Waals surface area contributed by atoms with Crippen molar-refractivity contribution in [1.29, 1.82) is 0 Å². The Morgan fingerprint density at radius 3 is 2.44 bits per heavy atom. The van der Waals surface area contributed by atoms with E-state index in [0.717, 1.165) is 33.7 Å². The predicted molar refractivity (Wildman–Crippen MR) is 111 cm³/mol. The molecule has 4 rings (SSSR count). The fourth-order valence-electron chi connectivity index (χ4n) is 3.11. The van der Waals surface area contributed by atoms with Gasteiger partial charge in [0.2, 0.25) is 0 Å². The molecule has 0 bridgehead atoms. The van der Waals surface area contributed by atoms with E-state index in [1.165, 1.54) is 0 Å². The summed E-state index contributed by atoms with van der Waals surface area (Å²) >= 11 is 12.8. The molecule has 0 fully saturated rings. The van der Waals surface area contributed by atoms with Crippen LogP contribution in [0.5, 0.6) is 5.75 Å². The Kier molecular flexibility index (Phi) is 5.06. The second kappa shape index (κ2) is 7.63. The van der Waals surface area contributed by atoms with Crippen LogP contribution in [0.4, 0.5) is 0 Å². The highest BCUT2D eigenvalue weighted by Gasteiger charge is 2.14. The van der Waals surface area contributed by atoms with Crippen LogP contribution in [0.3, 0.4) is 0 Å². The minimum Gasteiger partial charge on any atom is -0.486 e. The lowest BCUT2D eigenvalue weighted by Crippen LogP contribution is -2.09. The number of hydrogen-bond acceptors (Lipinski definition) is 2. The van der Waals surface area contributed by atoms with Gasteiger partial charge in [0.15, 0.2) is 0 Å². The van der Waals surface area contributed by atoms with Gasteiger partial charge in [-0.25, -0.2) is 4.98 Å². The van der Waals surface area contributed by atoms with E-state index >= 15 is 0 Å². The van der Waals surface area contributed by atoms with Gasteiger partial charge >= 0.3 is 0 Å². The highest BCUT2D eigenvalue weighted by atomic mass is 35.5. The van der Waals surface area contributed by atoms with Crippen molar-refractivity contribution in [2.24, 2.45) is 0 Å². The van der Waals surface area contributed by atoms with Crippen molar-refractivity contribution in [3.63, 3.8) is 0 Å². The lowest BCUT2D eigenvalue weighted by Gasteiger charge is -2.13. The van der Waals surface area contributed by atoms with Gasteiger partial charge in [0.25, 0.3) is 0 Å². The fourth-order valence-corrected chi connectivity index (χ4v) is 3.62. The number of halogens is 2. The van der Waals surface area contributed by atoms with Crippen LogP contribution in [-0.4, -0.2) is 9.55 Å². The van der Waals surface area contributed by atoms with Crippen LogP contribution in [0.2, 0.25) is 10.0 Å². The molecule has 0 saturated heterocycles. The molecular formula is C22H18Cl2N2O. The molecule has 0 spiro atoms. The Balaban J connectivity index is 1.71. The van der Waals surface area contributed by atoms with Gasteiger partial charge in [0, 0.05) is 15.6 Å². The smallest absolute Gasteiger partial charge is 0.148 e. The van der Waals surface area contributed by atoms with Gasteiger partial charge in [-0.2, -0.15) is 0 Å². The third-order valence-corrected chi connectivity index (χ3v) is 5.18. The number of imidazole rings is 1. The van der Waals surface area contributed by atoms with Gasteiger partial charge < -0.3 is 9.30 Å². The molecular weight excluding hydrogens is 379 g/mol. The summed E-state index contributed by atoms with van der Waals surface area (Å²) in [6.07, 6.45) is 0. The van der Waals surface area contributed by atoms with Crippen LogP contribution < -0.4 is 4.74 Å². The first kappa shape index (κ1) is 17.9. The van der Waals surface area contributed by atoms with Crippen LogP contribution >= 0.6 is 23.2 Å². The zero-order valence-electron chi connectivity index (χ0n) is 14.8. The van der Waals surface area contributed by atoms with Crippen molar-refractivity contribution < 1.29 is 4.74 Å². The van der Waals surface area contributed by atoms with E-state index in [2.05, 4.69) is 4.57 Å². The summed E-state index contributed by atoms with van der Waals surface area (Å²) < 4.78 is 8.10. The first-order chi connectivity index (χ1) is 13.1. The van der Waals surface area contributed by atoms with Crippen molar-refractivity contribution in [2.75, 3.05) is 0 Å². The highest BCUT2D eigenvalue weighted by Crippen LogP contribution is 2.28. The fraction of sp³-hybridized carbons (Fsp3) is 0.136. The summed E-state index contributed by atoms with van der Waals surface area (Å²) in [5, 5.41) is 1.29. The molecule has 0 atom stereocenters. The number of hydrogen-bond donors (Lipinski definition) is 0. The van der Waals surface area contributed by atoms with Gasteiger partial charge in [0.1, 0.15) is 18.2 Å². The topological polar surface area (TPSA) is 27.1 Å². The van der Waals surface area contributed by atoms with Gasteiger partial charge in [-0.05, 0) is 48.9 Å². The number of aryl methyl sites for hydroxylation is 1. The SMILES string of the molecule is Cc1cccc(OCc2nc3ccccc3n2Cc2c(Cl)cccc2Cl)c1. The number of fused-ring (bicyclic) bond motifs is 1. The normalized spacial score (nSPS) is 11.1. The van der Waals surface area contributed by atoms with Gasteiger partial charge in [0.05, 0.1) is 17.6 Å². The molecule has 4 aromatic rings. The summed E-state index contributed by atoms with van der Waals surface area (Å²) in [6, 6.07) is 21.6. The van der Waals surface area contributed by atoms with Crippen LogP contribution in [-0.2, 0) is 13.2 Å². The quantitative estimate of drug-likeness (QED) is 0.396. The molecule has 27 heavy (non-hydrogen) atoms. The average molecular weight is 397 g/mol. The summed E-state index contributed by atoms with van der Waals surface area (Å²) in [7, 11) is 0. The summed E-state index contributed by atoms with van der Waals surface area (Å²) in [6.45, 7) is 2.94. The van der Waals surface area contributed by atoms with Crippen LogP contribution in [0.1, 0.15) is 17.0 Å². The second-order valence-electron chi connectivity index (χ2n) is 6.41. The van der Waals surface area contributed by atoms with Crippen molar-refractivity contribution in [3.8, 4) is 5.75 Å². The molecule has 3 nitrogen and oxygen atoms in total. The monoisotopic (exact) mass is 396 g/mol. The van der Waals surface area contributed by atoms with Crippen molar-refractivity contribution >= 4 is 34.2 Å². The van der Waals surface area contributed by atoms with Crippen molar-refractivity contribution in [3.05, 3.63) is 93.7 Å². The molecule has 0 N–H and O–H groups in total. The highest BCUT2D eigenvalue weighted by molar-refractivity contribution is 6.36. The van der Waals surface area contributed by atoms with E-state index in [1.54, 1.807) is 0 Å². The molecule has 0 amide bonds. The van der Waals surface area contributed by atoms with Crippen molar-refractivity contribution in [1.82, 2.24) is 9.55 Å². The van der Waals surface area contributed by atoms with E-state index in [4.69, 9.17) is 32.9 Å². The maximum Gasteiger partial charge on any atom is 0.148 e. The van der Waals surface area contributed by atoms with Gasteiger partial charge in [-0.3, -0.25) is 0 Å². The summed E-state index contributed by atoms with van der Waals surface area (Å²) in [4.78, 5) is 4.76. The van der Waals surface area contributed by atoms with Crippen LogP contribution in [0, 0.1) is 6.92 Å². The summed E-state index contributed by atoms with van der Waals surface area (Å²) in [5.41, 5.74) is 3.98. The molecule has 3 aromatic carbocycles. The van der Waals surface area contributed by atoms with E-state index in [1.807, 2.05) is 73.7 Å². The second-order valence-corrected chi connectivity index (χ2v) is 7.22. The molecule has 5 heteroatoms. The number of nitrogens with zero attached hydrogens (tertiary/aromatic N) is 2. The molecule has 1 aromatic heterocycles. The molecule has 0 aliphatic carbocycles. The molecule has 0 aliphatic rings. The van der Waals surface area contributed by atoms with Gasteiger partial charge in [-0.15, -0.1) is 0 Å². The first-order valence-electron chi connectivity index (χ1n) is 8.68. The standard InChI is InChI=1S/C22H18Cl2N2O/c1-15-6-4-7-16(12-15)27-14-22-25-20-10-2-3-11-21(20)26(22)13-17-18(23)8-5-9-19(17)24/h2-12H,13-14H2,1H3. The molecule has 1 heterocycles. The number of para-hydroxylation sites is 2. The Bertz CT molecular complexity index is 1080. The number of ether oxygens (including phenoxy) is 1. The lowest BCUT2D eigenvalue weighted by molar-refractivity contribution is 0.291. The van der Waals surface area contributed by atoms with Gasteiger partial charge in [-0.1, -0.05) is 53.5 Å². The third-order valence-electron chi connectivity index (χ3n) is 4.47. The number of aromatic nitrogens is 2. The van der Waals surface area contributed by atoms with Crippen LogP contribution in [0.25, 0.3) is 11.0 Å². The molecule has 0 radical (unpaired) electrons. The zero-order valence-corrected chi connectivity index (χ0v) is 16.3. The van der Waals surface area contributed by atoms with E-state index in [9.17, 15) is 0 Å². The largest absolute Gasteiger partial charge is 0.486 e.